The second-order valence-electron chi connectivity index (χ2n) is 4.19. The average Bonchev–Trinajstić information content (AvgIpc) is 3.25. The van der Waals surface area contributed by atoms with Gasteiger partial charge in [0.2, 0.25) is 0 Å². The Labute approximate surface area is 177 Å². The van der Waals surface area contributed by atoms with Gasteiger partial charge in [-0.1, -0.05) is 0 Å². The number of carbonyl (C=O) groups excluding carboxylic acids is 2. The number of hydrogen-bond donors (Lipinski definition) is 0. The smallest absolute Gasteiger partial charge is 0.132 e. The van der Waals surface area contributed by atoms with Gasteiger partial charge in [0.05, 0.1) is 39.3 Å². The molecule has 0 aromatic rings. The maximum absolute atomic E-state index is 9.82. The maximum Gasteiger partial charge on any atom is 0.132 e. The summed E-state index contributed by atoms with van der Waals surface area (Å²) >= 11 is 0. The average molecular weight is 469 g/mol. The van der Waals surface area contributed by atoms with E-state index in [1.54, 1.807) is 38.6 Å². The normalized spacial score (nSPS) is 16.8. The fraction of sp³-hybridized carbons (Fsp3) is 0.375. The SMILES string of the molecule is C[C]1[N][CH][CH][N]1.C[C]1[N][CH][CH][N]1.O=CCC=NCCN=CCC=O.[Br-].[Co]. The minimum Gasteiger partial charge on any atom is -1.00 e. The molecule has 2 fully saturated rings. The van der Waals surface area contributed by atoms with E-state index >= 15 is 0 Å². The predicted octanol–water partition coefficient (Wildman–Crippen LogP) is -2.61. The zero-order valence-corrected chi connectivity index (χ0v) is 17.3. The molecule has 0 bridgehead atoms. The first-order valence-corrected chi connectivity index (χ1v) is 7.35. The van der Waals surface area contributed by atoms with Crippen LogP contribution in [0.15, 0.2) is 9.98 Å². The third-order valence-electron chi connectivity index (χ3n) is 2.20. The Morgan fingerprint density at radius 1 is 0.769 bits per heavy atom. The molecule has 0 aromatic heterocycles. The fourth-order valence-corrected chi connectivity index (χ4v) is 1.16. The van der Waals surface area contributed by atoms with E-state index in [1.807, 2.05) is 13.8 Å². The summed E-state index contributed by atoms with van der Waals surface area (Å²) in [4.78, 5) is 27.4. The predicted molar refractivity (Wildman–Crippen MR) is 91.7 cm³/mol. The van der Waals surface area contributed by atoms with Crippen LogP contribution in [0.5, 0.6) is 0 Å². The van der Waals surface area contributed by atoms with Gasteiger partial charge in [0.1, 0.15) is 24.9 Å². The first-order valence-electron chi connectivity index (χ1n) is 7.35. The van der Waals surface area contributed by atoms with Crippen molar-refractivity contribution in [3.05, 3.63) is 38.5 Å². The van der Waals surface area contributed by atoms with Crippen LogP contribution in [0.4, 0.5) is 0 Å². The van der Waals surface area contributed by atoms with Crippen molar-refractivity contribution in [3.63, 3.8) is 0 Å². The second-order valence-corrected chi connectivity index (χ2v) is 4.19. The summed E-state index contributed by atoms with van der Waals surface area (Å²) in [5.74, 6) is 0. The van der Waals surface area contributed by atoms with Gasteiger partial charge in [-0.25, -0.2) is 21.3 Å². The van der Waals surface area contributed by atoms with Crippen LogP contribution in [0.2, 0.25) is 0 Å². The van der Waals surface area contributed by atoms with E-state index in [2.05, 4.69) is 31.3 Å². The number of halogens is 1. The molecule has 2 heterocycles. The van der Waals surface area contributed by atoms with Crippen LogP contribution in [0, 0.1) is 38.5 Å². The Kier molecular flexibility index (Phi) is 28.5. The number of nitrogens with zero attached hydrogens (tertiary/aromatic N) is 6. The summed E-state index contributed by atoms with van der Waals surface area (Å²) < 4.78 is 0. The van der Waals surface area contributed by atoms with Crippen LogP contribution in [0.1, 0.15) is 26.7 Å². The van der Waals surface area contributed by atoms with E-state index in [4.69, 9.17) is 0 Å². The van der Waals surface area contributed by atoms with Crippen molar-refractivity contribution in [3.8, 4) is 0 Å². The zero-order valence-electron chi connectivity index (χ0n) is 14.7. The number of aliphatic imine (C=N–C) groups is 2. The molecule has 2 rings (SSSR count). The van der Waals surface area contributed by atoms with Crippen molar-refractivity contribution in [1.29, 1.82) is 0 Å². The molecule has 10 heteroatoms. The third-order valence-corrected chi connectivity index (χ3v) is 2.20. The molecule has 26 heavy (non-hydrogen) atoms. The molecule has 0 aromatic carbocycles. The molecule has 11 radical (unpaired) electrons. The van der Waals surface area contributed by atoms with Gasteiger partial charge in [0.15, 0.2) is 0 Å². The van der Waals surface area contributed by atoms with Gasteiger partial charge in [-0.3, -0.25) is 9.98 Å². The maximum atomic E-state index is 9.82. The van der Waals surface area contributed by atoms with E-state index in [1.165, 1.54) is 0 Å². The number of carbonyl (C=O) groups is 2. The van der Waals surface area contributed by atoms with Crippen LogP contribution in [0.3, 0.4) is 0 Å². The monoisotopic (exact) mass is 468 g/mol. The Hall–Kier alpha value is -0.494. The third kappa shape index (κ3) is 23.5. The number of aldehydes is 2. The summed E-state index contributed by atoms with van der Waals surface area (Å²) in [5.41, 5.74) is 0. The Balaban J connectivity index is -0.000000319. The molecule has 0 amide bonds. The molecular weight excluding hydrogens is 447 g/mol. The van der Waals surface area contributed by atoms with Gasteiger partial charge in [0.25, 0.3) is 0 Å². The molecule has 0 spiro atoms. The largest absolute Gasteiger partial charge is 1.00 e. The van der Waals surface area contributed by atoms with Gasteiger partial charge >= 0.3 is 0 Å². The van der Waals surface area contributed by atoms with E-state index in [0.29, 0.717) is 25.9 Å². The molecule has 0 aliphatic carbocycles. The molecule has 0 N–H and O–H groups in total. The van der Waals surface area contributed by atoms with E-state index in [-0.39, 0.29) is 33.8 Å². The van der Waals surface area contributed by atoms with E-state index < -0.39 is 0 Å². The van der Waals surface area contributed by atoms with E-state index in [0.717, 1.165) is 24.9 Å². The van der Waals surface area contributed by atoms with Gasteiger partial charge in [-0.15, -0.1) is 0 Å². The molecule has 2 aliphatic rings. The Morgan fingerprint density at radius 3 is 1.27 bits per heavy atom. The molecule has 145 valence electrons. The van der Waals surface area contributed by atoms with Crippen LogP contribution < -0.4 is 38.2 Å². The van der Waals surface area contributed by atoms with Gasteiger partial charge in [-0.05, 0) is 13.8 Å². The van der Waals surface area contributed by atoms with Gasteiger partial charge < -0.3 is 26.6 Å². The standard InChI is InChI=1S/C8H12N2O2.2C4H5N2.BrH.Co/c11-7-1-3-9-5-6-10-4-2-8-12;2*1-4-5-2-3-6-4;;/h3-4,7-8H,1-2,5-6H2;2*2-3H,1H3;1H;/p-1. The first-order chi connectivity index (χ1) is 11.7. The minimum absolute atomic E-state index is 0. The van der Waals surface area contributed by atoms with Crippen molar-refractivity contribution < 1.29 is 43.3 Å². The van der Waals surface area contributed by atoms with Crippen molar-refractivity contribution >= 4 is 25.0 Å². The molecular formula is C16H22BrCoN6O2-. The number of rotatable bonds is 7. The summed E-state index contributed by atoms with van der Waals surface area (Å²) in [6, 6.07) is 0. The van der Waals surface area contributed by atoms with E-state index in [9.17, 15) is 9.59 Å². The summed E-state index contributed by atoms with van der Waals surface area (Å²) in [6.45, 7) is 11.6. The molecule has 0 saturated carbocycles. The topological polar surface area (TPSA) is 115 Å². The number of hydrogen-bond acceptors (Lipinski definition) is 4. The van der Waals surface area contributed by atoms with Crippen molar-refractivity contribution in [1.82, 2.24) is 21.3 Å². The molecule has 0 atom stereocenters. The van der Waals surface area contributed by atoms with Crippen molar-refractivity contribution in [2.75, 3.05) is 13.1 Å². The summed E-state index contributed by atoms with van der Waals surface area (Å²) in [6.07, 6.45) is 7.10. The van der Waals surface area contributed by atoms with Crippen LogP contribution in [0.25, 0.3) is 0 Å². The summed E-state index contributed by atoms with van der Waals surface area (Å²) in [7, 11) is 0. The van der Waals surface area contributed by atoms with Crippen LogP contribution >= 0.6 is 0 Å². The Morgan fingerprint density at radius 2 is 1.08 bits per heavy atom. The van der Waals surface area contributed by atoms with Crippen molar-refractivity contribution in [2.24, 2.45) is 9.98 Å². The Bertz CT molecular complexity index is 329. The first kappa shape index (κ1) is 30.2. The molecule has 2 saturated heterocycles. The fourth-order valence-electron chi connectivity index (χ4n) is 1.16. The zero-order chi connectivity index (χ0) is 17.9. The van der Waals surface area contributed by atoms with Crippen molar-refractivity contribution in [2.45, 2.75) is 26.7 Å². The summed E-state index contributed by atoms with van der Waals surface area (Å²) in [5, 5.41) is 15.2. The minimum atomic E-state index is 0. The van der Waals surface area contributed by atoms with Crippen LogP contribution in [-0.4, -0.2) is 38.1 Å². The quantitative estimate of drug-likeness (QED) is 0.231. The molecule has 0 unspecified atom stereocenters. The van der Waals surface area contributed by atoms with Gasteiger partial charge in [0, 0.05) is 42.0 Å². The van der Waals surface area contributed by atoms with Gasteiger partial charge in [-0.2, -0.15) is 0 Å². The second kappa shape index (κ2) is 24.5. The molecule has 2 aliphatic heterocycles. The van der Waals surface area contributed by atoms with Crippen LogP contribution in [-0.2, 0) is 26.4 Å². The molecule has 8 nitrogen and oxygen atoms in total.